The van der Waals surface area contributed by atoms with Crippen molar-refractivity contribution in [1.29, 1.82) is 0 Å². The molecular formula is C8H17NO2S. The van der Waals surface area contributed by atoms with E-state index in [0.29, 0.717) is 24.9 Å². The van der Waals surface area contributed by atoms with Crippen LogP contribution in [-0.2, 0) is 10.0 Å². The first kappa shape index (κ1) is 9.99. The molecule has 0 aliphatic carbocycles. The normalized spacial score (nSPS) is 33.6. The van der Waals surface area contributed by atoms with Gasteiger partial charge in [-0.3, -0.25) is 0 Å². The molecule has 4 heteroatoms. The molecule has 1 fully saturated rings. The average Bonchev–Trinajstić information content (AvgIpc) is 1.82. The van der Waals surface area contributed by atoms with E-state index in [-0.39, 0.29) is 0 Å². The largest absolute Gasteiger partial charge is 0.213 e. The Labute approximate surface area is 74.8 Å². The van der Waals surface area contributed by atoms with E-state index in [1.54, 1.807) is 4.31 Å². The molecule has 0 N–H and O–H groups in total. The average molecular weight is 191 g/mol. The summed E-state index contributed by atoms with van der Waals surface area (Å²) < 4.78 is 24.0. The van der Waals surface area contributed by atoms with Gasteiger partial charge in [-0.1, -0.05) is 13.8 Å². The van der Waals surface area contributed by atoms with Gasteiger partial charge in [0, 0.05) is 13.1 Å². The van der Waals surface area contributed by atoms with Gasteiger partial charge in [0.15, 0.2) is 0 Å². The van der Waals surface area contributed by atoms with Crippen LogP contribution in [0.5, 0.6) is 0 Å². The highest BCUT2D eigenvalue weighted by Crippen LogP contribution is 2.22. The first-order chi connectivity index (χ1) is 5.39. The SMILES string of the molecule is C[C@@H]1C[C@@H](C)CN(S(C)(=O)=O)C1. The van der Waals surface area contributed by atoms with E-state index in [2.05, 4.69) is 13.8 Å². The smallest absolute Gasteiger partial charge is 0.211 e. The van der Waals surface area contributed by atoms with Crippen LogP contribution in [-0.4, -0.2) is 32.1 Å². The summed E-state index contributed by atoms with van der Waals surface area (Å²) in [6.07, 6.45) is 2.43. The fourth-order valence-electron chi connectivity index (χ4n) is 1.88. The second kappa shape index (κ2) is 3.34. The Balaban J connectivity index is 2.68. The quantitative estimate of drug-likeness (QED) is 0.618. The Morgan fingerprint density at radius 3 is 1.92 bits per heavy atom. The van der Waals surface area contributed by atoms with Crippen molar-refractivity contribution in [3.05, 3.63) is 0 Å². The molecule has 0 unspecified atom stereocenters. The summed E-state index contributed by atoms with van der Waals surface area (Å²) in [6.45, 7) is 5.61. The fourth-order valence-corrected chi connectivity index (χ4v) is 2.93. The van der Waals surface area contributed by atoms with Crippen LogP contribution in [0, 0.1) is 11.8 Å². The number of hydrogen-bond donors (Lipinski definition) is 0. The molecule has 3 nitrogen and oxygen atoms in total. The van der Waals surface area contributed by atoms with Crippen LogP contribution in [0.2, 0.25) is 0 Å². The van der Waals surface area contributed by atoms with Crippen LogP contribution in [0.1, 0.15) is 20.3 Å². The van der Waals surface area contributed by atoms with Crippen molar-refractivity contribution < 1.29 is 8.42 Å². The van der Waals surface area contributed by atoms with Gasteiger partial charge in [-0.2, -0.15) is 0 Å². The lowest BCUT2D eigenvalue weighted by Gasteiger charge is -2.32. The molecule has 0 radical (unpaired) electrons. The molecule has 72 valence electrons. The highest BCUT2D eigenvalue weighted by molar-refractivity contribution is 7.88. The van der Waals surface area contributed by atoms with Crippen LogP contribution in [0.4, 0.5) is 0 Å². The van der Waals surface area contributed by atoms with Gasteiger partial charge in [-0.05, 0) is 18.3 Å². The zero-order chi connectivity index (χ0) is 9.35. The first-order valence-corrected chi connectivity index (χ1v) is 6.19. The van der Waals surface area contributed by atoms with Crippen LogP contribution in [0.15, 0.2) is 0 Å². The molecule has 0 amide bonds. The van der Waals surface area contributed by atoms with Crippen molar-refractivity contribution in [2.24, 2.45) is 11.8 Å². The molecule has 0 aromatic rings. The van der Waals surface area contributed by atoms with E-state index < -0.39 is 10.0 Å². The van der Waals surface area contributed by atoms with Crippen LogP contribution < -0.4 is 0 Å². The minimum Gasteiger partial charge on any atom is -0.213 e. The summed E-state index contributed by atoms with van der Waals surface area (Å²) in [7, 11) is -2.96. The van der Waals surface area contributed by atoms with Crippen molar-refractivity contribution in [1.82, 2.24) is 4.31 Å². The summed E-state index contributed by atoms with van der Waals surface area (Å²) in [5.74, 6) is 1.01. The van der Waals surface area contributed by atoms with Gasteiger partial charge in [0.05, 0.1) is 6.26 Å². The summed E-state index contributed by atoms with van der Waals surface area (Å²) in [5, 5.41) is 0. The summed E-state index contributed by atoms with van der Waals surface area (Å²) in [6, 6.07) is 0. The highest BCUT2D eigenvalue weighted by Gasteiger charge is 2.27. The summed E-state index contributed by atoms with van der Waals surface area (Å²) >= 11 is 0. The third kappa shape index (κ3) is 2.45. The van der Waals surface area contributed by atoms with E-state index in [4.69, 9.17) is 0 Å². The highest BCUT2D eigenvalue weighted by atomic mass is 32.2. The minimum atomic E-state index is -2.96. The number of hydrogen-bond acceptors (Lipinski definition) is 2. The summed E-state index contributed by atoms with van der Waals surface area (Å²) in [4.78, 5) is 0. The lowest BCUT2D eigenvalue weighted by molar-refractivity contribution is 0.223. The molecule has 1 rings (SSSR count). The van der Waals surface area contributed by atoms with E-state index in [1.165, 1.54) is 6.26 Å². The molecule has 1 aliphatic rings. The molecule has 12 heavy (non-hydrogen) atoms. The predicted octanol–water partition coefficient (Wildman–Crippen LogP) is 0.924. The van der Waals surface area contributed by atoms with E-state index in [1.807, 2.05) is 0 Å². The van der Waals surface area contributed by atoms with Crippen molar-refractivity contribution >= 4 is 10.0 Å². The molecule has 0 spiro atoms. The Bertz CT molecular complexity index is 238. The number of sulfonamides is 1. The second-order valence-electron chi connectivity index (χ2n) is 4.03. The Morgan fingerprint density at radius 1 is 1.17 bits per heavy atom. The molecule has 0 bridgehead atoms. The maximum Gasteiger partial charge on any atom is 0.211 e. The molecular weight excluding hydrogens is 174 g/mol. The Morgan fingerprint density at radius 2 is 1.58 bits per heavy atom. The van der Waals surface area contributed by atoms with E-state index in [9.17, 15) is 8.42 Å². The van der Waals surface area contributed by atoms with Crippen LogP contribution in [0.3, 0.4) is 0 Å². The molecule has 1 heterocycles. The predicted molar refractivity (Wildman–Crippen MR) is 49.4 cm³/mol. The number of rotatable bonds is 1. The van der Waals surface area contributed by atoms with Crippen molar-refractivity contribution in [2.45, 2.75) is 20.3 Å². The van der Waals surface area contributed by atoms with Gasteiger partial charge >= 0.3 is 0 Å². The molecule has 0 aromatic heterocycles. The van der Waals surface area contributed by atoms with E-state index in [0.717, 1.165) is 6.42 Å². The van der Waals surface area contributed by atoms with Crippen molar-refractivity contribution in [3.8, 4) is 0 Å². The number of piperidine rings is 1. The monoisotopic (exact) mass is 191 g/mol. The maximum absolute atomic E-state index is 11.2. The maximum atomic E-state index is 11.2. The Hall–Kier alpha value is -0.0900. The van der Waals surface area contributed by atoms with Crippen molar-refractivity contribution in [2.75, 3.05) is 19.3 Å². The van der Waals surface area contributed by atoms with Crippen LogP contribution in [0.25, 0.3) is 0 Å². The van der Waals surface area contributed by atoms with Gasteiger partial charge in [0.25, 0.3) is 0 Å². The van der Waals surface area contributed by atoms with Gasteiger partial charge < -0.3 is 0 Å². The van der Waals surface area contributed by atoms with Gasteiger partial charge in [0.1, 0.15) is 0 Å². The Kier molecular flexibility index (Phi) is 2.78. The third-order valence-corrected chi connectivity index (χ3v) is 3.54. The topological polar surface area (TPSA) is 37.4 Å². The molecule has 2 atom stereocenters. The third-order valence-electron chi connectivity index (χ3n) is 2.30. The first-order valence-electron chi connectivity index (χ1n) is 4.34. The lowest BCUT2D eigenvalue weighted by atomic mass is 9.94. The number of nitrogens with zero attached hydrogens (tertiary/aromatic N) is 1. The molecule has 0 aromatic carbocycles. The molecule has 1 aliphatic heterocycles. The van der Waals surface area contributed by atoms with Crippen molar-refractivity contribution in [3.63, 3.8) is 0 Å². The van der Waals surface area contributed by atoms with Crippen LogP contribution >= 0.6 is 0 Å². The minimum absolute atomic E-state index is 0.503. The molecule has 1 saturated heterocycles. The lowest BCUT2D eigenvalue weighted by Crippen LogP contribution is -2.41. The van der Waals surface area contributed by atoms with E-state index >= 15 is 0 Å². The van der Waals surface area contributed by atoms with Gasteiger partial charge in [0.2, 0.25) is 10.0 Å². The zero-order valence-corrected chi connectivity index (χ0v) is 8.76. The molecule has 0 saturated carbocycles. The fraction of sp³-hybridized carbons (Fsp3) is 1.00. The zero-order valence-electron chi connectivity index (χ0n) is 7.95. The summed E-state index contributed by atoms with van der Waals surface area (Å²) in [5.41, 5.74) is 0. The standard InChI is InChI=1S/C8H17NO2S/c1-7-4-8(2)6-9(5-7)12(3,10)11/h7-8H,4-6H2,1-3H3/t7-,8-/m1/s1. The van der Waals surface area contributed by atoms with Gasteiger partial charge in [-0.25, -0.2) is 12.7 Å². The second-order valence-corrected chi connectivity index (χ2v) is 6.01. The van der Waals surface area contributed by atoms with Gasteiger partial charge in [-0.15, -0.1) is 0 Å².